The van der Waals surface area contributed by atoms with E-state index in [0.29, 0.717) is 45.4 Å². The van der Waals surface area contributed by atoms with Gasteiger partial charge < -0.3 is 19.7 Å². The first-order valence-electron chi connectivity index (χ1n) is 18.7. The molecular formula is C41H54F2N6O2Si. The molecule has 2 saturated heterocycles. The number of nitrogens with zero attached hydrogens (tertiary/aromatic N) is 5. The number of aromatic nitrogens is 3. The quantitative estimate of drug-likeness (QED) is 0.130. The Morgan fingerprint density at radius 3 is 2.42 bits per heavy atom. The van der Waals surface area contributed by atoms with Crippen LogP contribution in [-0.4, -0.2) is 93.1 Å². The van der Waals surface area contributed by atoms with Gasteiger partial charge in [0.15, 0.2) is 5.82 Å². The van der Waals surface area contributed by atoms with Crippen molar-refractivity contribution >= 4 is 35.6 Å². The number of rotatable bonds is 10. The fourth-order valence-corrected chi connectivity index (χ4v) is 14.1. The molecule has 2 fully saturated rings. The van der Waals surface area contributed by atoms with E-state index in [0.717, 1.165) is 31.3 Å². The van der Waals surface area contributed by atoms with Crippen LogP contribution >= 0.6 is 0 Å². The van der Waals surface area contributed by atoms with Crippen molar-refractivity contribution in [2.24, 2.45) is 0 Å². The third kappa shape index (κ3) is 6.91. The van der Waals surface area contributed by atoms with Gasteiger partial charge in [-0.15, -0.1) is 5.54 Å². The average Bonchev–Trinajstić information content (AvgIpc) is 3.71. The molecule has 11 heteroatoms. The van der Waals surface area contributed by atoms with Gasteiger partial charge in [0.2, 0.25) is 0 Å². The van der Waals surface area contributed by atoms with E-state index in [9.17, 15) is 0 Å². The molecule has 4 atom stereocenters. The van der Waals surface area contributed by atoms with E-state index in [-0.39, 0.29) is 47.0 Å². The van der Waals surface area contributed by atoms with Crippen LogP contribution in [0.15, 0.2) is 36.5 Å². The van der Waals surface area contributed by atoms with Crippen LogP contribution in [0.3, 0.4) is 0 Å². The van der Waals surface area contributed by atoms with E-state index in [4.69, 9.17) is 19.4 Å². The molecule has 0 aliphatic carbocycles. The highest BCUT2D eigenvalue weighted by Gasteiger charge is 2.42. The van der Waals surface area contributed by atoms with Gasteiger partial charge in [0.1, 0.15) is 37.5 Å². The monoisotopic (exact) mass is 728 g/mol. The van der Waals surface area contributed by atoms with Gasteiger partial charge in [0.25, 0.3) is 0 Å². The Morgan fingerprint density at radius 2 is 1.79 bits per heavy atom. The standard InChI is InChI=1S/C41H54F2N6O2Si/c1-24(2)52(25(3)4,26(5)6)19-17-31-34(42)15-14-28-12-11-13-32(36(28)31)38-37(43)39-33(21-45-38)40(49(9)35-16-18-44-27(35)7)47-41(46-39)51-23-29-20-30(50-10)22-48(29)8/h11-15,21,24-27,29-30,35,44H,16,18,20,22-23H2,1-10H3/t27-,29+,30-,35-/m1/s1. The number of halogens is 2. The smallest absolute Gasteiger partial charge is 0.319 e. The second-order valence-corrected chi connectivity index (χ2v) is 21.3. The molecular weight excluding hydrogens is 675 g/mol. The fraction of sp³-hybridized carbons (Fsp3) is 0.537. The number of pyridine rings is 1. The van der Waals surface area contributed by atoms with Crippen LogP contribution in [0.4, 0.5) is 14.6 Å². The first-order valence-corrected chi connectivity index (χ1v) is 20.9. The zero-order chi connectivity index (χ0) is 37.5. The summed E-state index contributed by atoms with van der Waals surface area (Å²) >= 11 is 0. The van der Waals surface area contributed by atoms with Crippen molar-refractivity contribution < 1.29 is 18.3 Å². The maximum absolute atomic E-state index is 17.2. The van der Waals surface area contributed by atoms with Crippen LogP contribution in [-0.2, 0) is 4.74 Å². The van der Waals surface area contributed by atoms with Crippen molar-refractivity contribution in [1.82, 2.24) is 25.2 Å². The van der Waals surface area contributed by atoms with Gasteiger partial charge in [0, 0.05) is 56.0 Å². The summed E-state index contributed by atoms with van der Waals surface area (Å²) in [6, 6.07) is 9.29. The number of likely N-dealkylation sites (tertiary alicyclic amines) is 1. The summed E-state index contributed by atoms with van der Waals surface area (Å²) in [4.78, 5) is 18.6. The minimum atomic E-state index is -2.20. The number of hydrogen-bond acceptors (Lipinski definition) is 8. The molecule has 6 rings (SSSR count). The maximum Gasteiger partial charge on any atom is 0.319 e. The van der Waals surface area contributed by atoms with E-state index in [1.807, 2.05) is 26.2 Å². The second-order valence-electron chi connectivity index (χ2n) is 15.7. The summed E-state index contributed by atoms with van der Waals surface area (Å²) < 4.78 is 45.0. The van der Waals surface area contributed by atoms with Crippen molar-refractivity contribution in [1.29, 1.82) is 0 Å². The molecule has 2 aliphatic heterocycles. The van der Waals surface area contributed by atoms with Crippen molar-refractivity contribution in [3.63, 3.8) is 0 Å². The highest BCUT2D eigenvalue weighted by molar-refractivity contribution is 6.90. The lowest BCUT2D eigenvalue weighted by Crippen LogP contribution is -2.43. The summed E-state index contributed by atoms with van der Waals surface area (Å²) in [7, 11) is 3.55. The minimum absolute atomic E-state index is 0.0828. The van der Waals surface area contributed by atoms with Crippen LogP contribution in [0.2, 0.25) is 16.6 Å². The first-order chi connectivity index (χ1) is 24.8. The zero-order valence-electron chi connectivity index (χ0n) is 32.3. The number of nitrogens with one attached hydrogen (secondary N) is 1. The van der Waals surface area contributed by atoms with Crippen molar-refractivity contribution in [2.45, 2.75) is 102 Å². The number of benzene rings is 2. The van der Waals surface area contributed by atoms with E-state index in [1.54, 1.807) is 25.4 Å². The van der Waals surface area contributed by atoms with Gasteiger partial charge >= 0.3 is 6.01 Å². The van der Waals surface area contributed by atoms with Gasteiger partial charge in [-0.05, 0) is 61.4 Å². The fourth-order valence-electron chi connectivity index (χ4n) is 8.92. The van der Waals surface area contributed by atoms with Crippen molar-refractivity contribution in [3.8, 4) is 28.7 Å². The summed E-state index contributed by atoms with van der Waals surface area (Å²) in [6.45, 7) is 17.6. The molecule has 278 valence electrons. The van der Waals surface area contributed by atoms with Crippen molar-refractivity contribution in [2.75, 3.05) is 45.8 Å². The van der Waals surface area contributed by atoms with E-state index in [1.165, 1.54) is 6.07 Å². The van der Waals surface area contributed by atoms with E-state index < -0.39 is 19.7 Å². The molecule has 4 aromatic rings. The topological polar surface area (TPSA) is 75.6 Å². The molecule has 2 aromatic carbocycles. The van der Waals surface area contributed by atoms with Crippen LogP contribution in [0.1, 0.15) is 66.9 Å². The molecule has 0 saturated carbocycles. The summed E-state index contributed by atoms with van der Waals surface area (Å²) in [6.07, 6.45) is 3.50. The summed E-state index contributed by atoms with van der Waals surface area (Å²) in [5.74, 6) is 2.86. The molecule has 0 spiro atoms. The largest absolute Gasteiger partial charge is 0.462 e. The van der Waals surface area contributed by atoms with Gasteiger partial charge in [-0.1, -0.05) is 71.7 Å². The minimum Gasteiger partial charge on any atom is -0.462 e. The number of ether oxygens (including phenoxy) is 2. The Labute approximate surface area is 308 Å². The van der Waals surface area contributed by atoms with Crippen LogP contribution < -0.4 is 15.0 Å². The third-order valence-electron chi connectivity index (χ3n) is 11.9. The number of anilines is 1. The lowest BCUT2D eigenvalue weighted by atomic mass is 9.96. The predicted octanol–water partition coefficient (Wildman–Crippen LogP) is 7.98. The van der Waals surface area contributed by atoms with Crippen LogP contribution in [0.25, 0.3) is 32.9 Å². The average molecular weight is 729 g/mol. The molecule has 0 radical (unpaired) electrons. The molecule has 2 aromatic heterocycles. The van der Waals surface area contributed by atoms with Gasteiger partial charge in [-0.25, -0.2) is 8.78 Å². The number of fused-ring (bicyclic) bond motifs is 2. The molecule has 0 unspecified atom stereocenters. The lowest BCUT2D eigenvalue weighted by Gasteiger charge is -2.38. The molecule has 0 bridgehead atoms. The van der Waals surface area contributed by atoms with Gasteiger partial charge in [-0.3, -0.25) is 9.88 Å². The number of likely N-dealkylation sites (N-methyl/N-ethyl adjacent to an activating group) is 2. The van der Waals surface area contributed by atoms with E-state index in [2.05, 4.69) is 80.0 Å². The predicted molar refractivity (Wildman–Crippen MR) is 210 cm³/mol. The maximum atomic E-state index is 17.2. The summed E-state index contributed by atoms with van der Waals surface area (Å²) in [5.41, 5.74) is 5.74. The SMILES string of the molecule is CO[C@@H]1C[C@@H](COc2nc(N(C)[C@@H]3CCN[C@@H]3C)c3cnc(-c4cccc5ccc(F)c(C#C[Si](C(C)C)(C(C)C)C(C)C)c45)c(F)c3n2)N(C)C1. The Morgan fingerprint density at radius 1 is 1.06 bits per heavy atom. The second kappa shape index (κ2) is 15.3. The first kappa shape index (κ1) is 38.0. The van der Waals surface area contributed by atoms with Crippen LogP contribution in [0, 0.1) is 23.1 Å². The van der Waals surface area contributed by atoms with E-state index >= 15 is 8.78 Å². The zero-order valence-corrected chi connectivity index (χ0v) is 33.3. The normalized spacial score (nSPS) is 21.1. The summed E-state index contributed by atoms with van der Waals surface area (Å²) in [5, 5.41) is 5.30. The molecule has 0 amide bonds. The molecule has 8 nitrogen and oxygen atoms in total. The Bertz CT molecular complexity index is 1970. The Balaban J connectivity index is 1.51. The van der Waals surface area contributed by atoms with Gasteiger partial charge in [-0.2, -0.15) is 9.97 Å². The van der Waals surface area contributed by atoms with Crippen molar-refractivity contribution in [3.05, 3.63) is 53.7 Å². The number of hydrogen-bond donors (Lipinski definition) is 1. The Kier molecular flexibility index (Phi) is 11.2. The molecule has 4 heterocycles. The van der Waals surface area contributed by atoms with Gasteiger partial charge in [0.05, 0.1) is 17.1 Å². The lowest BCUT2D eigenvalue weighted by molar-refractivity contribution is 0.111. The Hall–Kier alpha value is -3.69. The molecule has 52 heavy (non-hydrogen) atoms. The van der Waals surface area contributed by atoms with Crippen LogP contribution in [0.5, 0.6) is 6.01 Å². The molecule has 1 N–H and O–H groups in total. The highest BCUT2D eigenvalue weighted by atomic mass is 28.3. The molecule has 2 aliphatic rings. The highest BCUT2D eigenvalue weighted by Crippen LogP contribution is 2.42. The third-order valence-corrected chi connectivity index (χ3v) is 18.2. The number of methoxy groups -OCH3 is 1.